The zero-order valence-electron chi connectivity index (χ0n) is 15.7. The highest BCUT2D eigenvalue weighted by molar-refractivity contribution is 6.04. The van der Waals surface area contributed by atoms with Crippen molar-refractivity contribution in [2.24, 2.45) is 0 Å². The number of esters is 1. The van der Waals surface area contributed by atoms with Gasteiger partial charge in [-0.15, -0.1) is 0 Å². The largest absolute Gasteiger partial charge is 0.479 e. The molecule has 0 spiro atoms. The summed E-state index contributed by atoms with van der Waals surface area (Å²) in [4.78, 5) is 24.5. The second-order valence-electron chi connectivity index (χ2n) is 6.34. The van der Waals surface area contributed by atoms with Crippen LogP contribution in [0.2, 0.25) is 0 Å². The van der Waals surface area contributed by atoms with E-state index >= 15 is 0 Å². The van der Waals surface area contributed by atoms with Gasteiger partial charge in [0.1, 0.15) is 11.5 Å². The van der Waals surface area contributed by atoms with Crippen molar-refractivity contribution in [3.05, 3.63) is 90.0 Å². The van der Waals surface area contributed by atoms with Gasteiger partial charge in [-0.25, -0.2) is 4.79 Å². The first-order valence-corrected chi connectivity index (χ1v) is 8.93. The Hall–Kier alpha value is -3.60. The highest BCUT2D eigenvalue weighted by Gasteiger charge is 2.17. The molecule has 0 bridgehead atoms. The fourth-order valence-corrected chi connectivity index (χ4v) is 2.47. The Bertz CT molecular complexity index is 935. The lowest BCUT2D eigenvalue weighted by atomic mass is 10.2. The van der Waals surface area contributed by atoms with Gasteiger partial charge >= 0.3 is 5.97 Å². The van der Waals surface area contributed by atoms with Crippen LogP contribution in [-0.4, -0.2) is 18.0 Å². The van der Waals surface area contributed by atoms with E-state index in [4.69, 9.17) is 9.47 Å². The molecule has 1 N–H and O–H groups in total. The van der Waals surface area contributed by atoms with Gasteiger partial charge in [-0.1, -0.05) is 35.9 Å². The van der Waals surface area contributed by atoms with Gasteiger partial charge in [-0.05, 0) is 62.4 Å². The highest BCUT2D eigenvalue weighted by atomic mass is 16.6. The van der Waals surface area contributed by atoms with E-state index in [1.807, 2.05) is 49.4 Å². The molecular weight excluding hydrogens is 354 g/mol. The summed E-state index contributed by atoms with van der Waals surface area (Å²) in [5.74, 6) is 0.200. The Balaban J connectivity index is 1.56. The number of amides is 1. The monoisotopic (exact) mass is 375 g/mol. The molecule has 0 radical (unpaired) electrons. The molecule has 0 saturated carbocycles. The van der Waals surface area contributed by atoms with Gasteiger partial charge in [0.15, 0.2) is 6.10 Å². The molecule has 0 aliphatic carbocycles. The lowest BCUT2D eigenvalue weighted by molar-refractivity contribution is -0.141. The van der Waals surface area contributed by atoms with E-state index in [-0.39, 0.29) is 5.91 Å². The van der Waals surface area contributed by atoms with Crippen LogP contribution in [-0.2, 0) is 4.79 Å². The number of anilines is 1. The summed E-state index contributed by atoms with van der Waals surface area (Å²) in [6.45, 7) is 3.61. The Labute approximate surface area is 163 Å². The van der Waals surface area contributed by atoms with Crippen molar-refractivity contribution in [1.82, 2.24) is 0 Å². The quantitative estimate of drug-likeness (QED) is 0.504. The van der Waals surface area contributed by atoms with Crippen molar-refractivity contribution in [2.75, 3.05) is 5.32 Å². The summed E-state index contributed by atoms with van der Waals surface area (Å²) in [7, 11) is 0. The number of para-hydroxylation sites is 1. The van der Waals surface area contributed by atoms with E-state index in [9.17, 15) is 9.59 Å². The van der Waals surface area contributed by atoms with E-state index in [1.54, 1.807) is 43.3 Å². The number of rotatable bonds is 6. The van der Waals surface area contributed by atoms with Crippen LogP contribution in [0.3, 0.4) is 0 Å². The number of nitrogens with one attached hydrogen (secondary N) is 1. The van der Waals surface area contributed by atoms with Crippen LogP contribution in [0.4, 0.5) is 5.69 Å². The fourth-order valence-electron chi connectivity index (χ4n) is 2.47. The predicted molar refractivity (Wildman–Crippen MR) is 108 cm³/mol. The van der Waals surface area contributed by atoms with Crippen LogP contribution in [0.25, 0.3) is 0 Å². The first-order chi connectivity index (χ1) is 13.5. The Morgan fingerprint density at radius 2 is 1.43 bits per heavy atom. The average Bonchev–Trinajstić information content (AvgIpc) is 2.71. The van der Waals surface area contributed by atoms with E-state index in [0.29, 0.717) is 22.7 Å². The molecule has 0 saturated heterocycles. The van der Waals surface area contributed by atoms with Crippen molar-refractivity contribution in [2.45, 2.75) is 20.0 Å². The van der Waals surface area contributed by atoms with Crippen LogP contribution < -0.4 is 14.8 Å². The summed E-state index contributed by atoms with van der Waals surface area (Å²) in [5.41, 5.74) is 2.29. The minimum absolute atomic E-state index is 0.236. The second kappa shape index (κ2) is 8.86. The molecule has 0 aromatic heterocycles. The van der Waals surface area contributed by atoms with Gasteiger partial charge in [0.05, 0.1) is 0 Å². The lowest BCUT2D eigenvalue weighted by Gasteiger charge is -2.14. The highest BCUT2D eigenvalue weighted by Crippen LogP contribution is 2.17. The molecular formula is C23H21NO4. The first-order valence-electron chi connectivity index (χ1n) is 8.93. The Morgan fingerprint density at radius 1 is 0.821 bits per heavy atom. The maximum Gasteiger partial charge on any atom is 0.352 e. The molecule has 3 rings (SSSR count). The fraction of sp³-hybridized carbons (Fsp3) is 0.130. The van der Waals surface area contributed by atoms with Crippen LogP contribution in [0.5, 0.6) is 11.5 Å². The smallest absolute Gasteiger partial charge is 0.352 e. The zero-order chi connectivity index (χ0) is 19.9. The molecule has 5 nitrogen and oxygen atoms in total. The molecule has 3 aromatic rings. The lowest BCUT2D eigenvalue weighted by Crippen LogP contribution is -2.28. The third-order valence-electron chi connectivity index (χ3n) is 4.03. The zero-order valence-corrected chi connectivity index (χ0v) is 15.7. The van der Waals surface area contributed by atoms with Crippen LogP contribution in [0.15, 0.2) is 78.9 Å². The van der Waals surface area contributed by atoms with Crippen LogP contribution in [0, 0.1) is 6.92 Å². The Kier molecular flexibility index (Phi) is 6.07. The van der Waals surface area contributed by atoms with Gasteiger partial charge in [0, 0.05) is 11.3 Å². The summed E-state index contributed by atoms with van der Waals surface area (Å²) < 4.78 is 10.9. The number of ether oxygens (including phenoxy) is 2. The van der Waals surface area contributed by atoms with E-state index in [1.165, 1.54) is 0 Å². The molecule has 0 aliphatic rings. The number of benzene rings is 3. The van der Waals surface area contributed by atoms with Gasteiger partial charge in [-0.2, -0.15) is 0 Å². The van der Waals surface area contributed by atoms with E-state index in [0.717, 1.165) is 5.56 Å². The van der Waals surface area contributed by atoms with Crippen molar-refractivity contribution >= 4 is 17.6 Å². The molecule has 1 amide bonds. The predicted octanol–water partition coefficient (Wildman–Crippen LogP) is 4.62. The molecule has 1 atom stereocenters. The molecule has 0 heterocycles. The minimum Gasteiger partial charge on any atom is -0.479 e. The van der Waals surface area contributed by atoms with Gasteiger partial charge in [0.25, 0.3) is 5.91 Å². The second-order valence-corrected chi connectivity index (χ2v) is 6.34. The van der Waals surface area contributed by atoms with Gasteiger partial charge in [0.2, 0.25) is 0 Å². The van der Waals surface area contributed by atoms with Gasteiger partial charge in [-0.3, -0.25) is 4.79 Å². The molecule has 0 fully saturated rings. The Morgan fingerprint density at radius 3 is 2.07 bits per heavy atom. The summed E-state index contributed by atoms with van der Waals surface area (Å²) in [6.07, 6.45) is -0.760. The maximum absolute atomic E-state index is 12.2. The van der Waals surface area contributed by atoms with Gasteiger partial charge < -0.3 is 14.8 Å². The van der Waals surface area contributed by atoms with Crippen molar-refractivity contribution in [1.29, 1.82) is 0 Å². The maximum atomic E-state index is 12.2. The normalized spacial score (nSPS) is 11.4. The van der Waals surface area contributed by atoms with Crippen LogP contribution >= 0.6 is 0 Å². The third-order valence-corrected chi connectivity index (χ3v) is 4.03. The summed E-state index contributed by atoms with van der Waals surface area (Å²) in [6, 6.07) is 23.0. The molecule has 5 heteroatoms. The summed E-state index contributed by atoms with van der Waals surface area (Å²) in [5, 5.41) is 2.80. The molecule has 0 aliphatic heterocycles. The summed E-state index contributed by atoms with van der Waals surface area (Å²) >= 11 is 0. The number of aryl methyl sites for hydroxylation is 1. The molecule has 3 aromatic carbocycles. The average molecular weight is 375 g/mol. The van der Waals surface area contributed by atoms with Crippen molar-refractivity contribution in [3.63, 3.8) is 0 Å². The SMILES string of the molecule is Cc1ccc(OC(C)C(=O)Oc2ccc(C(=O)Nc3ccccc3)cc2)cc1. The molecule has 28 heavy (non-hydrogen) atoms. The third kappa shape index (κ3) is 5.20. The molecule has 142 valence electrons. The van der Waals surface area contributed by atoms with E-state index < -0.39 is 12.1 Å². The first kappa shape index (κ1) is 19.2. The number of carbonyl (C=O) groups excluding carboxylic acids is 2. The van der Waals surface area contributed by atoms with Crippen molar-refractivity contribution < 1.29 is 19.1 Å². The topological polar surface area (TPSA) is 64.6 Å². The standard InChI is InChI=1S/C23H21NO4/c1-16-8-12-20(13-9-16)27-17(2)23(26)28-21-14-10-18(11-15-21)22(25)24-19-6-4-3-5-7-19/h3-15,17H,1-2H3,(H,24,25). The van der Waals surface area contributed by atoms with E-state index in [2.05, 4.69) is 5.32 Å². The minimum atomic E-state index is -0.760. The van der Waals surface area contributed by atoms with Crippen molar-refractivity contribution in [3.8, 4) is 11.5 Å². The number of hydrogen-bond acceptors (Lipinski definition) is 4. The number of hydrogen-bond donors (Lipinski definition) is 1. The van der Waals surface area contributed by atoms with Crippen LogP contribution in [0.1, 0.15) is 22.8 Å². The molecule has 1 unspecified atom stereocenters. The number of carbonyl (C=O) groups is 2.